The van der Waals surface area contributed by atoms with Gasteiger partial charge in [0, 0.05) is 26.2 Å². The highest BCUT2D eigenvalue weighted by molar-refractivity contribution is 5.63. The van der Waals surface area contributed by atoms with Crippen molar-refractivity contribution in [3.8, 4) is 5.75 Å². The molecule has 0 N–H and O–H groups in total. The van der Waals surface area contributed by atoms with Gasteiger partial charge in [0.15, 0.2) is 0 Å². The minimum atomic E-state index is -0.650. The average molecular weight is 363 g/mol. The predicted molar refractivity (Wildman–Crippen MR) is 104 cm³/mol. The van der Waals surface area contributed by atoms with Crippen molar-refractivity contribution < 1.29 is 14.4 Å². The van der Waals surface area contributed by atoms with Crippen LogP contribution in [-0.4, -0.2) is 48.8 Å². The maximum Gasteiger partial charge on any atom is 0.533 e. The molecule has 5 heteroatoms. The molecule has 1 fully saturated rings. The maximum atomic E-state index is 12.0. The van der Waals surface area contributed by atoms with Gasteiger partial charge in [0.1, 0.15) is 5.75 Å². The number of ether oxygens (including phenoxy) is 1. The second-order valence-electron chi connectivity index (χ2n) is 7.02. The molecule has 1 aromatic carbocycles. The van der Waals surface area contributed by atoms with Crippen LogP contribution < -0.4 is 4.74 Å². The van der Waals surface area contributed by atoms with Crippen molar-refractivity contribution >= 4 is 6.16 Å². The van der Waals surface area contributed by atoms with Gasteiger partial charge < -0.3 is 14.5 Å². The van der Waals surface area contributed by atoms with Crippen molar-refractivity contribution in [1.29, 1.82) is 0 Å². The zero-order valence-corrected chi connectivity index (χ0v) is 16.4. The highest BCUT2D eigenvalue weighted by Gasteiger charge is 2.20. The SMILES string of the molecule is CCCCCc1ccc(OC(=O)ON2CCN(CCCCC)CC2)cc1. The van der Waals surface area contributed by atoms with Crippen LogP contribution in [0.5, 0.6) is 5.75 Å². The first kappa shape index (κ1) is 20.7. The molecule has 0 spiro atoms. The van der Waals surface area contributed by atoms with Crippen LogP contribution in [0.1, 0.15) is 57.9 Å². The van der Waals surface area contributed by atoms with E-state index in [1.54, 1.807) is 5.06 Å². The molecule has 0 saturated carbocycles. The monoisotopic (exact) mass is 362 g/mol. The second kappa shape index (κ2) is 11.9. The Morgan fingerprint density at radius 2 is 1.58 bits per heavy atom. The zero-order chi connectivity index (χ0) is 18.6. The number of hydroxylamine groups is 2. The standard InChI is InChI=1S/C21H34N2O3/c1-3-5-7-9-19-10-12-20(13-11-19)25-21(24)26-23-17-15-22(16-18-23)14-8-6-4-2/h10-13H,3-9,14-18H2,1-2H3. The van der Waals surface area contributed by atoms with Gasteiger partial charge in [-0.3, -0.25) is 0 Å². The van der Waals surface area contributed by atoms with Crippen molar-refractivity contribution in [2.75, 3.05) is 32.7 Å². The highest BCUT2D eigenvalue weighted by atomic mass is 16.8. The normalized spacial score (nSPS) is 15.8. The van der Waals surface area contributed by atoms with Gasteiger partial charge in [0.2, 0.25) is 0 Å². The molecule has 146 valence electrons. The van der Waals surface area contributed by atoms with E-state index in [1.807, 2.05) is 24.3 Å². The zero-order valence-electron chi connectivity index (χ0n) is 16.4. The van der Waals surface area contributed by atoms with Crippen LogP contribution in [-0.2, 0) is 11.3 Å². The van der Waals surface area contributed by atoms with Crippen LogP contribution in [0.2, 0.25) is 0 Å². The van der Waals surface area contributed by atoms with Gasteiger partial charge in [-0.1, -0.05) is 51.7 Å². The molecule has 0 aromatic heterocycles. The van der Waals surface area contributed by atoms with Crippen molar-refractivity contribution in [2.24, 2.45) is 0 Å². The smallest absolute Gasteiger partial charge is 0.394 e. The summed E-state index contributed by atoms with van der Waals surface area (Å²) in [5.41, 5.74) is 1.28. The van der Waals surface area contributed by atoms with Gasteiger partial charge in [0.05, 0.1) is 0 Å². The van der Waals surface area contributed by atoms with E-state index in [2.05, 4.69) is 18.7 Å². The molecule has 0 radical (unpaired) electrons. The summed E-state index contributed by atoms with van der Waals surface area (Å²) in [6.07, 6.45) is 7.85. The van der Waals surface area contributed by atoms with E-state index in [0.717, 1.165) is 39.1 Å². The van der Waals surface area contributed by atoms with E-state index < -0.39 is 6.16 Å². The molecule has 1 heterocycles. The summed E-state index contributed by atoms with van der Waals surface area (Å²) in [5, 5.41) is 1.71. The number of hydrogen-bond donors (Lipinski definition) is 0. The van der Waals surface area contributed by atoms with E-state index in [9.17, 15) is 4.79 Å². The number of carbonyl (C=O) groups is 1. The quantitative estimate of drug-likeness (QED) is 0.344. The molecule has 2 rings (SSSR count). The third kappa shape index (κ3) is 7.75. The molecular formula is C21H34N2O3. The lowest BCUT2D eigenvalue weighted by Gasteiger charge is -2.32. The number of piperazine rings is 1. The largest absolute Gasteiger partial charge is 0.533 e. The molecule has 5 nitrogen and oxygen atoms in total. The van der Waals surface area contributed by atoms with Gasteiger partial charge in [-0.15, -0.1) is 5.06 Å². The minimum absolute atomic E-state index is 0.535. The third-order valence-corrected chi connectivity index (χ3v) is 4.81. The number of nitrogens with zero attached hydrogens (tertiary/aromatic N) is 2. The molecular weight excluding hydrogens is 328 g/mol. The minimum Gasteiger partial charge on any atom is -0.394 e. The average Bonchev–Trinajstić information content (AvgIpc) is 2.65. The number of unbranched alkanes of at least 4 members (excludes halogenated alkanes) is 4. The molecule has 0 aliphatic carbocycles. The van der Waals surface area contributed by atoms with Gasteiger partial charge in [-0.25, -0.2) is 4.79 Å². The van der Waals surface area contributed by atoms with Gasteiger partial charge >= 0.3 is 6.16 Å². The lowest BCUT2D eigenvalue weighted by molar-refractivity contribution is -0.136. The van der Waals surface area contributed by atoms with Gasteiger partial charge in [-0.2, -0.15) is 0 Å². The number of carbonyl (C=O) groups excluding carboxylic acids is 1. The summed E-state index contributed by atoms with van der Waals surface area (Å²) in [7, 11) is 0. The molecule has 1 aliphatic heterocycles. The Kier molecular flexibility index (Phi) is 9.50. The molecule has 1 saturated heterocycles. The summed E-state index contributed by atoms with van der Waals surface area (Å²) >= 11 is 0. The fourth-order valence-corrected chi connectivity index (χ4v) is 3.15. The van der Waals surface area contributed by atoms with Crippen LogP contribution in [0.15, 0.2) is 24.3 Å². The summed E-state index contributed by atoms with van der Waals surface area (Å²) < 4.78 is 5.29. The van der Waals surface area contributed by atoms with E-state index in [0.29, 0.717) is 5.75 Å². The molecule has 0 unspecified atom stereocenters. The first-order chi connectivity index (χ1) is 12.7. The van der Waals surface area contributed by atoms with Crippen LogP contribution in [0, 0.1) is 0 Å². The van der Waals surface area contributed by atoms with E-state index in [4.69, 9.17) is 9.57 Å². The van der Waals surface area contributed by atoms with E-state index >= 15 is 0 Å². The third-order valence-electron chi connectivity index (χ3n) is 4.81. The van der Waals surface area contributed by atoms with Gasteiger partial charge in [0.25, 0.3) is 0 Å². The Balaban J connectivity index is 1.66. The first-order valence-electron chi connectivity index (χ1n) is 10.2. The van der Waals surface area contributed by atoms with Crippen LogP contribution in [0.4, 0.5) is 4.79 Å². The molecule has 26 heavy (non-hydrogen) atoms. The Labute approximate surface area is 158 Å². The molecule has 1 aliphatic rings. The highest BCUT2D eigenvalue weighted by Crippen LogP contribution is 2.15. The number of rotatable bonds is 10. The Morgan fingerprint density at radius 1 is 0.923 bits per heavy atom. The van der Waals surface area contributed by atoms with Crippen molar-refractivity contribution in [3.63, 3.8) is 0 Å². The summed E-state index contributed by atoms with van der Waals surface area (Å²) in [6, 6.07) is 7.73. The molecule has 0 bridgehead atoms. The first-order valence-corrected chi connectivity index (χ1v) is 10.2. The molecule has 0 atom stereocenters. The number of hydrogen-bond acceptors (Lipinski definition) is 5. The van der Waals surface area contributed by atoms with Gasteiger partial charge in [-0.05, 0) is 43.5 Å². The summed E-state index contributed by atoms with van der Waals surface area (Å²) in [6.45, 7) is 8.89. The van der Waals surface area contributed by atoms with Crippen molar-refractivity contribution in [3.05, 3.63) is 29.8 Å². The van der Waals surface area contributed by atoms with Crippen LogP contribution >= 0.6 is 0 Å². The maximum absolute atomic E-state index is 12.0. The van der Waals surface area contributed by atoms with Crippen LogP contribution in [0.3, 0.4) is 0 Å². The molecule has 0 amide bonds. The lowest BCUT2D eigenvalue weighted by Crippen LogP contribution is -2.47. The fourth-order valence-electron chi connectivity index (χ4n) is 3.15. The van der Waals surface area contributed by atoms with E-state index in [1.165, 1.54) is 44.1 Å². The summed E-state index contributed by atoms with van der Waals surface area (Å²) in [4.78, 5) is 19.7. The summed E-state index contributed by atoms with van der Waals surface area (Å²) in [5.74, 6) is 0.535. The second-order valence-corrected chi connectivity index (χ2v) is 7.02. The van der Waals surface area contributed by atoms with Crippen molar-refractivity contribution in [1.82, 2.24) is 9.96 Å². The van der Waals surface area contributed by atoms with Crippen molar-refractivity contribution in [2.45, 2.75) is 58.8 Å². The van der Waals surface area contributed by atoms with Crippen LogP contribution in [0.25, 0.3) is 0 Å². The number of benzene rings is 1. The fraction of sp³-hybridized carbons (Fsp3) is 0.667. The number of aryl methyl sites for hydroxylation is 1. The Hall–Kier alpha value is -1.59. The Bertz CT molecular complexity index is 510. The topological polar surface area (TPSA) is 42.0 Å². The Morgan fingerprint density at radius 3 is 2.23 bits per heavy atom. The van der Waals surface area contributed by atoms with E-state index in [-0.39, 0.29) is 0 Å². The molecule has 1 aromatic rings. The lowest BCUT2D eigenvalue weighted by atomic mass is 10.1. The predicted octanol–water partition coefficient (Wildman–Crippen LogP) is 4.66.